The van der Waals surface area contributed by atoms with E-state index in [1.54, 1.807) is 30.9 Å². The molecule has 0 spiro atoms. The molecule has 3 aromatic rings. The van der Waals surface area contributed by atoms with E-state index in [0.29, 0.717) is 11.6 Å². The van der Waals surface area contributed by atoms with Crippen LogP contribution in [-0.2, 0) is 6.54 Å². The first kappa shape index (κ1) is 18.0. The lowest BCUT2D eigenvalue weighted by molar-refractivity contribution is 0.180. The third-order valence-corrected chi connectivity index (χ3v) is 4.30. The van der Waals surface area contributed by atoms with Gasteiger partial charge in [-0.25, -0.2) is 9.48 Å². The highest BCUT2D eigenvalue weighted by Crippen LogP contribution is 2.26. The zero-order chi connectivity index (χ0) is 18.7. The molecule has 0 atom stereocenters. The molecule has 1 heterocycles. The maximum Gasteiger partial charge on any atom is 0.319 e. The molecule has 0 aliphatic rings. The lowest BCUT2D eigenvalue weighted by Gasteiger charge is -2.21. The smallest absolute Gasteiger partial charge is 0.319 e. The quantitative estimate of drug-likeness (QED) is 0.688. The number of carbonyl (C=O) groups excluding carboxylic acids is 1. The molecule has 5 nitrogen and oxygen atoms in total. The number of nitrogens with zero attached hydrogens (tertiary/aromatic N) is 4. The largest absolute Gasteiger partial charge is 0.331 e. The molecule has 0 aliphatic carbocycles. The maximum absolute atomic E-state index is 12.2. The van der Waals surface area contributed by atoms with Gasteiger partial charge in [0.1, 0.15) is 0 Å². The van der Waals surface area contributed by atoms with Crippen LogP contribution in [0.1, 0.15) is 5.56 Å². The number of halogens is 1. The van der Waals surface area contributed by atoms with E-state index in [9.17, 15) is 4.79 Å². The topological polar surface area (TPSA) is 41.4 Å². The molecule has 134 valence electrons. The Morgan fingerprint density at radius 2 is 1.69 bits per heavy atom. The molecule has 0 N–H and O–H groups in total. The summed E-state index contributed by atoms with van der Waals surface area (Å²) < 4.78 is 1.84. The molecule has 0 radical (unpaired) electrons. The minimum Gasteiger partial charge on any atom is -0.331 e. The van der Waals surface area contributed by atoms with Crippen molar-refractivity contribution in [1.82, 2.24) is 19.6 Å². The fraction of sp³-hybridized carbons (Fsp3) is 0.200. The number of para-hydroxylation sites is 1. The predicted octanol–water partition coefficient (Wildman–Crippen LogP) is 4.31. The van der Waals surface area contributed by atoms with E-state index < -0.39 is 0 Å². The monoisotopic (exact) mass is 368 g/mol. The SMILES string of the molecule is CN(C)C(=O)N(C)Cc1cn(-c2ccccc2)nc1-c1ccc(Cl)cc1. The van der Waals surface area contributed by atoms with Crippen molar-refractivity contribution in [1.29, 1.82) is 0 Å². The fourth-order valence-corrected chi connectivity index (χ4v) is 2.88. The van der Waals surface area contributed by atoms with Crippen LogP contribution < -0.4 is 0 Å². The second kappa shape index (κ2) is 7.62. The summed E-state index contributed by atoms with van der Waals surface area (Å²) in [6.07, 6.45) is 1.97. The van der Waals surface area contributed by atoms with Crippen molar-refractivity contribution in [2.24, 2.45) is 0 Å². The van der Waals surface area contributed by atoms with Gasteiger partial charge in [-0.3, -0.25) is 0 Å². The zero-order valence-corrected chi connectivity index (χ0v) is 15.8. The molecule has 0 saturated heterocycles. The predicted molar refractivity (Wildman–Crippen MR) is 105 cm³/mol. The van der Waals surface area contributed by atoms with Crippen LogP contribution in [-0.4, -0.2) is 46.8 Å². The van der Waals surface area contributed by atoms with E-state index in [-0.39, 0.29) is 6.03 Å². The minimum absolute atomic E-state index is 0.0560. The summed E-state index contributed by atoms with van der Waals surface area (Å²) in [6, 6.07) is 17.4. The van der Waals surface area contributed by atoms with Crippen molar-refractivity contribution in [3.8, 4) is 16.9 Å². The first-order chi connectivity index (χ1) is 12.5. The van der Waals surface area contributed by atoms with Crippen LogP contribution in [0, 0.1) is 0 Å². The number of urea groups is 1. The molecule has 3 rings (SSSR count). The van der Waals surface area contributed by atoms with Gasteiger partial charge in [-0.1, -0.05) is 41.9 Å². The summed E-state index contributed by atoms with van der Waals surface area (Å²) in [4.78, 5) is 15.5. The summed E-state index contributed by atoms with van der Waals surface area (Å²) >= 11 is 6.02. The molecule has 0 fully saturated rings. The summed E-state index contributed by atoms with van der Waals surface area (Å²) in [5, 5.41) is 5.44. The number of hydrogen-bond donors (Lipinski definition) is 0. The molecular weight excluding hydrogens is 348 g/mol. The average molecular weight is 369 g/mol. The summed E-state index contributed by atoms with van der Waals surface area (Å²) in [5.74, 6) is 0. The molecule has 0 bridgehead atoms. The number of hydrogen-bond acceptors (Lipinski definition) is 2. The van der Waals surface area contributed by atoms with Crippen LogP contribution in [0.3, 0.4) is 0 Å². The van der Waals surface area contributed by atoms with Gasteiger partial charge in [-0.05, 0) is 24.3 Å². The normalized spacial score (nSPS) is 10.6. The number of benzene rings is 2. The van der Waals surface area contributed by atoms with Crippen molar-refractivity contribution in [2.75, 3.05) is 21.1 Å². The van der Waals surface area contributed by atoms with Crippen LogP contribution in [0.5, 0.6) is 0 Å². The van der Waals surface area contributed by atoms with Gasteiger partial charge < -0.3 is 9.80 Å². The molecule has 1 aromatic heterocycles. The highest BCUT2D eigenvalue weighted by atomic mass is 35.5. The van der Waals surface area contributed by atoms with Crippen LogP contribution in [0.25, 0.3) is 16.9 Å². The Kier molecular flexibility index (Phi) is 5.28. The highest BCUT2D eigenvalue weighted by molar-refractivity contribution is 6.30. The number of rotatable bonds is 4. The number of aromatic nitrogens is 2. The van der Waals surface area contributed by atoms with E-state index in [4.69, 9.17) is 16.7 Å². The lowest BCUT2D eigenvalue weighted by atomic mass is 10.1. The number of carbonyl (C=O) groups is 1. The Balaban J connectivity index is 2.01. The Morgan fingerprint density at radius 1 is 1.04 bits per heavy atom. The van der Waals surface area contributed by atoms with Crippen LogP contribution in [0.2, 0.25) is 5.02 Å². The van der Waals surface area contributed by atoms with Crippen LogP contribution in [0.15, 0.2) is 60.8 Å². The lowest BCUT2D eigenvalue weighted by Crippen LogP contribution is -2.35. The van der Waals surface area contributed by atoms with Crippen molar-refractivity contribution in [3.63, 3.8) is 0 Å². The maximum atomic E-state index is 12.2. The molecular formula is C20H21ClN4O. The van der Waals surface area contributed by atoms with Crippen molar-refractivity contribution < 1.29 is 4.79 Å². The first-order valence-corrected chi connectivity index (χ1v) is 8.66. The van der Waals surface area contributed by atoms with Crippen molar-refractivity contribution in [2.45, 2.75) is 6.54 Å². The molecule has 2 aromatic carbocycles. The fourth-order valence-electron chi connectivity index (χ4n) is 2.75. The van der Waals surface area contributed by atoms with Gasteiger partial charge >= 0.3 is 6.03 Å². The molecule has 0 saturated carbocycles. The molecule has 26 heavy (non-hydrogen) atoms. The number of amides is 2. The molecule has 2 amide bonds. The van der Waals surface area contributed by atoms with Crippen molar-refractivity contribution in [3.05, 3.63) is 71.4 Å². The van der Waals surface area contributed by atoms with E-state index in [1.807, 2.05) is 65.5 Å². The third-order valence-electron chi connectivity index (χ3n) is 4.05. The summed E-state index contributed by atoms with van der Waals surface area (Å²) in [7, 11) is 5.27. The standard InChI is InChI=1S/C20H21ClN4O/c1-23(2)20(26)24(3)13-16-14-25(18-7-5-4-6-8-18)22-19(16)15-9-11-17(21)12-10-15/h4-12,14H,13H2,1-3H3. The minimum atomic E-state index is -0.0560. The average Bonchev–Trinajstić information content (AvgIpc) is 3.06. The Labute approximate surface area is 158 Å². The molecule has 6 heteroatoms. The van der Waals surface area contributed by atoms with Crippen LogP contribution in [0.4, 0.5) is 4.79 Å². The van der Waals surface area contributed by atoms with E-state index >= 15 is 0 Å². The van der Waals surface area contributed by atoms with Gasteiger partial charge in [0.05, 0.1) is 17.9 Å². The van der Waals surface area contributed by atoms with E-state index in [0.717, 1.165) is 22.5 Å². The van der Waals surface area contributed by atoms with Gasteiger partial charge in [0.15, 0.2) is 0 Å². The summed E-state index contributed by atoms with van der Waals surface area (Å²) in [5.41, 5.74) is 3.73. The molecule has 0 unspecified atom stereocenters. The van der Waals surface area contributed by atoms with Gasteiger partial charge in [-0.2, -0.15) is 5.10 Å². The Morgan fingerprint density at radius 3 is 2.31 bits per heavy atom. The third kappa shape index (κ3) is 3.89. The Hall–Kier alpha value is -2.79. The van der Waals surface area contributed by atoms with Gasteiger partial charge in [-0.15, -0.1) is 0 Å². The van der Waals surface area contributed by atoms with E-state index in [1.165, 1.54) is 0 Å². The van der Waals surface area contributed by atoms with Crippen molar-refractivity contribution >= 4 is 17.6 Å². The highest BCUT2D eigenvalue weighted by Gasteiger charge is 2.17. The van der Waals surface area contributed by atoms with Crippen LogP contribution >= 0.6 is 11.6 Å². The second-order valence-electron chi connectivity index (χ2n) is 6.32. The second-order valence-corrected chi connectivity index (χ2v) is 6.76. The Bertz CT molecular complexity index is 888. The van der Waals surface area contributed by atoms with Gasteiger partial charge in [0, 0.05) is 43.5 Å². The first-order valence-electron chi connectivity index (χ1n) is 8.28. The molecule has 0 aliphatic heterocycles. The van der Waals surface area contributed by atoms with E-state index in [2.05, 4.69) is 0 Å². The van der Waals surface area contributed by atoms with Gasteiger partial charge in [0.25, 0.3) is 0 Å². The summed E-state index contributed by atoms with van der Waals surface area (Å²) in [6.45, 7) is 0.460. The van der Waals surface area contributed by atoms with Gasteiger partial charge in [0.2, 0.25) is 0 Å². The zero-order valence-electron chi connectivity index (χ0n) is 15.1.